The van der Waals surface area contributed by atoms with Crippen molar-refractivity contribution in [1.82, 2.24) is 5.32 Å². The van der Waals surface area contributed by atoms with E-state index in [9.17, 15) is 0 Å². The van der Waals surface area contributed by atoms with Gasteiger partial charge in [-0.3, -0.25) is 0 Å². The summed E-state index contributed by atoms with van der Waals surface area (Å²) in [5.41, 5.74) is 0. The number of nitrogens with one attached hydrogen (secondary N) is 1. The molecular weight excluding hydrogens is 174 g/mol. The molecule has 0 spiro atoms. The van der Waals surface area contributed by atoms with Crippen molar-refractivity contribution in [2.24, 2.45) is 11.8 Å². The summed E-state index contributed by atoms with van der Waals surface area (Å²) < 4.78 is 5.36. The second-order valence-electron chi connectivity index (χ2n) is 5.07. The molecule has 1 saturated carbocycles. The van der Waals surface area contributed by atoms with Crippen molar-refractivity contribution >= 4 is 0 Å². The van der Waals surface area contributed by atoms with Crippen LogP contribution in [-0.4, -0.2) is 25.8 Å². The van der Waals surface area contributed by atoms with Crippen molar-refractivity contribution in [3.05, 3.63) is 0 Å². The first-order chi connectivity index (χ1) is 6.84. The highest BCUT2D eigenvalue weighted by Gasteiger charge is 2.21. The Hall–Kier alpha value is -0.0800. The van der Waals surface area contributed by atoms with Gasteiger partial charge in [0.05, 0.1) is 6.61 Å². The monoisotopic (exact) mass is 197 g/mol. The highest BCUT2D eigenvalue weighted by atomic mass is 16.5. The van der Waals surface area contributed by atoms with Crippen LogP contribution in [0.2, 0.25) is 0 Å². The molecule has 1 saturated heterocycles. The van der Waals surface area contributed by atoms with E-state index in [2.05, 4.69) is 12.2 Å². The molecule has 0 aromatic heterocycles. The summed E-state index contributed by atoms with van der Waals surface area (Å²) in [6.07, 6.45) is 7.04. The van der Waals surface area contributed by atoms with Gasteiger partial charge in [-0.2, -0.15) is 0 Å². The second-order valence-corrected chi connectivity index (χ2v) is 5.07. The van der Waals surface area contributed by atoms with E-state index in [-0.39, 0.29) is 0 Å². The quantitative estimate of drug-likeness (QED) is 0.729. The van der Waals surface area contributed by atoms with Gasteiger partial charge in [0.15, 0.2) is 0 Å². The van der Waals surface area contributed by atoms with Crippen molar-refractivity contribution in [2.45, 2.75) is 45.1 Å². The molecule has 2 atom stereocenters. The fourth-order valence-corrected chi connectivity index (χ4v) is 2.42. The summed E-state index contributed by atoms with van der Waals surface area (Å²) in [4.78, 5) is 0. The summed E-state index contributed by atoms with van der Waals surface area (Å²) in [5.74, 6) is 1.80. The Morgan fingerprint density at radius 2 is 2.14 bits per heavy atom. The summed E-state index contributed by atoms with van der Waals surface area (Å²) in [6.45, 7) is 5.44. The van der Waals surface area contributed by atoms with Crippen molar-refractivity contribution in [2.75, 3.05) is 19.8 Å². The molecule has 2 rings (SSSR count). The van der Waals surface area contributed by atoms with Crippen LogP contribution in [0.5, 0.6) is 0 Å². The fourth-order valence-electron chi connectivity index (χ4n) is 2.42. The van der Waals surface area contributed by atoms with Gasteiger partial charge in [0, 0.05) is 19.2 Å². The van der Waals surface area contributed by atoms with Crippen LogP contribution >= 0.6 is 0 Å². The highest BCUT2D eigenvalue weighted by Crippen LogP contribution is 2.30. The Morgan fingerprint density at radius 3 is 2.71 bits per heavy atom. The minimum atomic E-state index is 0.709. The lowest BCUT2D eigenvalue weighted by atomic mass is 9.81. The van der Waals surface area contributed by atoms with Gasteiger partial charge in [-0.15, -0.1) is 0 Å². The van der Waals surface area contributed by atoms with Crippen LogP contribution in [0.3, 0.4) is 0 Å². The lowest BCUT2D eigenvalue weighted by molar-refractivity contribution is 0.183. The van der Waals surface area contributed by atoms with Gasteiger partial charge in [-0.1, -0.05) is 19.3 Å². The Morgan fingerprint density at radius 1 is 1.29 bits per heavy atom. The zero-order valence-electron chi connectivity index (χ0n) is 9.30. The number of rotatable bonds is 5. The molecule has 1 heterocycles. The predicted molar refractivity (Wildman–Crippen MR) is 58.3 cm³/mol. The van der Waals surface area contributed by atoms with Crippen LogP contribution in [0.15, 0.2) is 0 Å². The molecule has 82 valence electrons. The maximum Gasteiger partial charge on any atom is 0.0507 e. The second kappa shape index (κ2) is 5.13. The van der Waals surface area contributed by atoms with Gasteiger partial charge < -0.3 is 10.1 Å². The lowest BCUT2D eigenvalue weighted by Crippen LogP contribution is -2.34. The average Bonchev–Trinajstić information content (AvgIpc) is 2.60. The molecule has 0 bridgehead atoms. The van der Waals surface area contributed by atoms with Gasteiger partial charge in [-0.25, -0.2) is 0 Å². The summed E-state index contributed by atoms with van der Waals surface area (Å²) in [7, 11) is 0. The van der Waals surface area contributed by atoms with Crippen LogP contribution in [0.4, 0.5) is 0 Å². The topological polar surface area (TPSA) is 21.3 Å². The van der Waals surface area contributed by atoms with Crippen LogP contribution in [0, 0.1) is 11.8 Å². The van der Waals surface area contributed by atoms with Crippen LogP contribution in [-0.2, 0) is 4.74 Å². The third-order valence-corrected chi connectivity index (χ3v) is 3.69. The maximum atomic E-state index is 5.36. The van der Waals surface area contributed by atoms with Gasteiger partial charge in [0.25, 0.3) is 0 Å². The Kier molecular flexibility index (Phi) is 3.82. The molecule has 0 aromatic rings. The molecule has 2 unspecified atom stereocenters. The number of hydrogen-bond donors (Lipinski definition) is 1. The third-order valence-electron chi connectivity index (χ3n) is 3.69. The van der Waals surface area contributed by atoms with E-state index < -0.39 is 0 Å². The normalized spacial score (nSPS) is 30.2. The minimum absolute atomic E-state index is 0.709. The van der Waals surface area contributed by atoms with Crippen LogP contribution < -0.4 is 5.32 Å². The number of hydrogen-bond acceptors (Lipinski definition) is 2. The smallest absolute Gasteiger partial charge is 0.0507 e. The zero-order chi connectivity index (χ0) is 9.80. The van der Waals surface area contributed by atoms with Gasteiger partial charge >= 0.3 is 0 Å². The van der Waals surface area contributed by atoms with E-state index in [1.807, 2.05) is 0 Å². The summed E-state index contributed by atoms with van der Waals surface area (Å²) in [5, 5.41) is 3.64. The fraction of sp³-hybridized carbons (Fsp3) is 1.00. The minimum Gasteiger partial charge on any atom is -0.381 e. The van der Waals surface area contributed by atoms with Gasteiger partial charge in [0.2, 0.25) is 0 Å². The molecule has 14 heavy (non-hydrogen) atoms. The molecule has 2 heteroatoms. The van der Waals surface area contributed by atoms with E-state index in [0.717, 1.165) is 31.6 Å². The summed E-state index contributed by atoms with van der Waals surface area (Å²) in [6, 6.07) is 0.709. The van der Waals surface area contributed by atoms with E-state index >= 15 is 0 Å². The average molecular weight is 197 g/mol. The Labute approximate surface area is 87.4 Å². The molecular formula is C12H23NO. The van der Waals surface area contributed by atoms with E-state index in [1.165, 1.54) is 32.1 Å². The van der Waals surface area contributed by atoms with Crippen LogP contribution in [0.25, 0.3) is 0 Å². The van der Waals surface area contributed by atoms with E-state index in [1.54, 1.807) is 0 Å². The van der Waals surface area contributed by atoms with Crippen LogP contribution in [0.1, 0.15) is 39.0 Å². The van der Waals surface area contributed by atoms with Crippen molar-refractivity contribution in [3.8, 4) is 0 Å². The van der Waals surface area contributed by atoms with Crippen molar-refractivity contribution in [1.29, 1.82) is 0 Å². The first-order valence-corrected chi connectivity index (χ1v) is 6.15. The molecule has 1 N–H and O–H groups in total. The molecule has 1 aliphatic heterocycles. The maximum absolute atomic E-state index is 5.36. The molecule has 0 amide bonds. The van der Waals surface area contributed by atoms with E-state index in [0.29, 0.717) is 6.04 Å². The standard InChI is InChI=1S/C12H23NO/c1-10(7-11-3-2-4-11)13-8-12-5-6-14-9-12/h10-13H,2-9H2,1H3. The van der Waals surface area contributed by atoms with Gasteiger partial charge in [-0.05, 0) is 31.6 Å². The third kappa shape index (κ3) is 2.96. The molecule has 2 nitrogen and oxygen atoms in total. The lowest BCUT2D eigenvalue weighted by Gasteiger charge is -2.29. The molecule has 2 aliphatic rings. The van der Waals surface area contributed by atoms with Crippen molar-refractivity contribution < 1.29 is 4.74 Å². The van der Waals surface area contributed by atoms with Crippen molar-refractivity contribution in [3.63, 3.8) is 0 Å². The molecule has 1 aliphatic carbocycles. The highest BCUT2D eigenvalue weighted by molar-refractivity contribution is 4.76. The molecule has 0 radical (unpaired) electrons. The first kappa shape index (κ1) is 10.4. The predicted octanol–water partition coefficient (Wildman–Crippen LogP) is 2.19. The SMILES string of the molecule is CC(CC1CCC1)NCC1CCOC1. The van der Waals surface area contributed by atoms with E-state index in [4.69, 9.17) is 4.74 Å². The van der Waals surface area contributed by atoms with Gasteiger partial charge in [0.1, 0.15) is 0 Å². The Bertz CT molecular complexity index is 162. The molecule has 2 fully saturated rings. The molecule has 0 aromatic carbocycles. The first-order valence-electron chi connectivity index (χ1n) is 6.15. The number of ether oxygens (including phenoxy) is 1. The zero-order valence-corrected chi connectivity index (χ0v) is 9.30. The Balaban J connectivity index is 1.54. The largest absolute Gasteiger partial charge is 0.381 e. The summed E-state index contributed by atoms with van der Waals surface area (Å²) >= 11 is 0.